The molecule has 4 nitrogen and oxygen atoms in total. The third-order valence-electron chi connectivity index (χ3n) is 3.89. The van der Waals surface area contributed by atoms with Crippen molar-refractivity contribution in [2.75, 3.05) is 12.4 Å². The Kier molecular flexibility index (Phi) is 4.43. The predicted molar refractivity (Wildman–Crippen MR) is 93.4 cm³/mol. The molecule has 3 rings (SSSR count). The van der Waals surface area contributed by atoms with Gasteiger partial charge in [-0.05, 0) is 35.4 Å². The van der Waals surface area contributed by atoms with Crippen molar-refractivity contribution >= 4 is 11.4 Å². The highest BCUT2D eigenvalue weighted by molar-refractivity contribution is 5.92. The molecule has 0 spiro atoms. The number of hydrogen-bond donors (Lipinski definition) is 1. The van der Waals surface area contributed by atoms with Crippen LogP contribution in [0.3, 0.4) is 0 Å². The Labute approximate surface area is 142 Å². The predicted octanol–water partition coefficient (Wildman–Crippen LogP) is 5.25. The molecular formula is C19H14F2N2O2. The van der Waals surface area contributed by atoms with Crippen LogP contribution in [0.25, 0.3) is 22.3 Å². The number of nitro benzene ring substituents is 1. The standard InChI is InChI=1S/C19H14F2N2O2/c1-22-19-17(12-2-6-14(20)7-3-12)10-16(23(24)25)11-18(19)13-4-8-15(21)9-5-13/h2-11,22H,1H3. The summed E-state index contributed by atoms with van der Waals surface area (Å²) in [6.45, 7) is 0. The number of halogens is 2. The smallest absolute Gasteiger partial charge is 0.270 e. The maximum absolute atomic E-state index is 13.2. The number of anilines is 1. The molecule has 3 aromatic rings. The summed E-state index contributed by atoms with van der Waals surface area (Å²) in [5, 5.41) is 14.4. The summed E-state index contributed by atoms with van der Waals surface area (Å²) in [7, 11) is 1.70. The van der Waals surface area contributed by atoms with Gasteiger partial charge in [-0.25, -0.2) is 8.78 Å². The average Bonchev–Trinajstić information content (AvgIpc) is 2.62. The Balaban J connectivity index is 2.28. The molecule has 126 valence electrons. The van der Waals surface area contributed by atoms with E-state index in [0.717, 1.165) is 0 Å². The third kappa shape index (κ3) is 3.33. The minimum absolute atomic E-state index is 0.0994. The van der Waals surface area contributed by atoms with Gasteiger partial charge in [0.15, 0.2) is 0 Å². The average molecular weight is 340 g/mol. The minimum atomic E-state index is -0.487. The summed E-state index contributed by atoms with van der Waals surface area (Å²) in [6, 6.07) is 14.3. The monoisotopic (exact) mass is 340 g/mol. The molecule has 0 aliphatic carbocycles. The highest BCUT2D eigenvalue weighted by Crippen LogP contribution is 2.40. The molecule has 0 bridgehead atoms. The van der Waals surface area contributed by atoms with Crippen LogP contribution in [0.1, 0.15) is 0 Å². The number of nitro groups is 1. The van der Waals surface area contributed by atoms with Gasteiger partial charge in [-0.2, -0.15) is 0 Å². The Morgan fingerprint density at radius 3 is 1.56 bits per heavy atom. The van der Waals surface area contributed by atoms with E-state index in [1.165, 1.54) is 36.4 Å². The molecule has 0 amide bonds. The number of rotatable bonds is 4. The molecule has 25 heavy (non-hydrogen) atoms. The van der Waals surface area contributed by atoms with E-state index in [1.54, 1.807) is 31.3 Å². The van der Waals surface area contributed by atoms with E-state index >= 15 is 0 Å². The molecule has 0 aromatic heterocycles. The molecule has 0 saturated carbocycles. The molecule has 0 fully saturated rings. The van der Waals surface area contributed by atoms with Crippen molar-refractivity contribution in [1.29, 1.82) is 0 Å². The van der Waals surface area contributed by atoms with Gasteiger partial charge in [0, 0.05) is 30.3 Å². The third-order valence-corrected chi connectivity index (χ3v) is 3.89. The maximum Gasteiger partial charge on any atom is 0.270 e. The fourth-order valence-electron chi connectivity index (χ4n) is 2.72. The van der Waals surface area contributed by atoms with Crippen molar-refractivity contribution in [3.05, 3.63) is 82.4 Å². The Morgan fingerprint density at radius 2 is 1.24 bits per heavy atom. The summed E-state index contributed by atoms with van der Waals surface area (Å²) in [6.07, 6.45) is 0. The van der Waals surface area contributed by atoms with E-state index < -0.39 is 4.92 Å². The zero-order valence-corrected chi connectivity index (χ0v) is 13.3. The van der Waals surface area contributed by atoms with Gasteiger partial charge in [-0.15, -0.1) is 0 Å². The van der Waals surface area contributed by atoms with Crippen molar-refractivity contribution < 1.29 is 13.7 Å². The number of non-ortho nitro benzene ring substituents is 1. The number of nitrogens with zero attached hydrogens (tertiary/aromatic N) is 1. The lowest BCUT2D eigenvalue weighted by atomic mass is 9.95. The first-order chi connectivity index (χ1) is 12.0. The molecular weight excluding hydrogens is 326 g/mol. The quantitative estimate of drug-likeness (QED) is 0.521. The molecule has 3 aromatic carbocycles. The topological polar surface area (TPSA) is 55.2 Å². The second-order valence-electron chi connectivity index (χ2n) is 5.44. The molecule has 6 heteroatoms. The summed E-state index contributed by atoms with van der Waals surface area (Å²) >= 11 is 0. The van der Waals surface area contributed by atoms with Crippen LogP contribution in [0, 0.1) is 21.7 Å². The number of nitrogens with one attached hydrogen (secondary N) is 1. The van der Waals surface area contributed by atoms with E-state index in [0.29, 0.717) is 27.9 Å². The normalized spacial score (nSPS) is 10.5. The Hall–Kier alpha value is -3.28. The van der Waals surface area contributed by atoms with E-state index in [-0.39, 0.29) is 17.3 Å². The van der Waals surface area contributed by atoms with Crippen LogP contribution in [0.15, 0.2) is 60.7 Å². The first kappa shape index (κ1) is 16.6. The maximum atomic E-state index is 13.2. The summed E-state index contributed by atoms with van der Waals surface area (Å²) < 4.78 is 26.4. The van der Waals surface area contributed by atoms with Crippen molar-refractivity contribution in [3.8, 4) is 22.3 Å². The van der Waals surface area contributed by atoms with Gasteiger partial charge in [0.25, 0.3) is 5.69 Å². The minimum Gasteiger partial charge on any atom is -0.387 e. The zero-order valence-electron chi connectivity index (χ0n) is 13.3. The fourth-order valence-corrected chi connectivity index (χ4v) is 2.72. The fraction of sp³-hybridized carbons (Fsp3) is 0.0526. The van der Waals surface area contributed by atoms with E-state index in [1.807, 2.05) is 0 Å². The van der Waals surface area contributed by atoms with Crippen molar-refractivity contribution in [3.63, 3.8) is 0 Å². The molecule has 0 aliphatic heterocycles. The first-order valence-electron chi connectivity index (χ1n) is 7.51. The van der Waals surface area contributed by atoms with Gasteiger partial charge >= 0.3 is 0 Å². The molecule has 0 aliphatic rings. The molecule has 0 atom stereocenters. The van der Waals surface area contributed by atoms with Crippen molar-refractivity contribution in [1.82, 2.24) is 0 Å². The van der Waals surface area contributed by atoms with Crippen LogP contribution < -0.4 is 5.32 Å². The highest BCUT2D eigenvalue weighted by Gasteiger charge is 2.18. The van der Waals surface area contributed by atoms with E-state index in [4.69, 9.17) is 0 Å². The largest absolute Gasteiger partial charge is 0.387 e. The van der Waals surface area contributed by atoms with Crippen molar-refractivity contribution in [2.24, 2.45) is 0 Å². The van der Waals surface area contributed by atoms with Crippen molar-refractivity contribution in [2.45, 2.75) is 0 Å². The lowest BCUT2D eigenvalue weighted by Gasteiger charge is -2.15. The summed E-state index contributed by atoms with van der Waals surface area (Å²) in [5.74, 6) is -0.780. The van der Waals surface area contributed by atoms with Crippen LogP contribution in [0.5, 0.6) is 0 Å². The Morgan fingerprint density at radius 1 is 0.840 bits per heavy atom. The van der Waals surface area contributed by atoms with Crippen LogP contribution in [0.4, 0.5) is 20.2 Å². The van der Waals surface area contributed by atoms with Crippen LogP contribution in [-0.4, -0.2) is 12.0 Å². The van der Waals surface area contributed by atoms with Gasteiger partial charge in [-0.1, -0.05) is 24.3 Å². The molecule has 0 heterocycles. The van der Waals surface area contributed by atoms with E-state index in [2.05, 4.69) is 5.32 Å². The van der Waals surface area contributed by atoms with Gasteiger partial charge in [0.1, 0.15) is 11.6 Å². The van der Waals surface area contributed by atoms with E-state index in [9.17, 15) is 18.9 Å². The summed E-state index contributed by atoms with van der Waals surface area (Å²) in [5.41, 5.74) is 2.95. The van der Waals surface area contributed by atoms with Gasteiger partial charge in [0.05, 0.1) is 10.6 Å². The second-order valence-corrected chi connectivity index (χ2v) is 5.44. The highest BCUT2D eigenvalue weighted by atomic mass is 19.1. The molecule has 0 radical (unpaired) electrons. The SMILES string of the molecule is CNc1c(-c2ccc(F)cc2)cc([N+](=O)[O-])cc1-c1ccc(F)cc1. The molecule has 0 saturated heterocycles. The van der Waals surface area contributed by atoms with Gasteiger partial charge in [0.2, 0.25) is 0 Å². The Bertz CT molecular complexity index is 857. The molecule has 1 N–H and O–H groups in total. The first-order valence-corrected chi connectivity index (χ1v) is 7.51. The summed E-state index contributed by atoms with van der Waals surface area (Å²) in [4.78, 5) is 10.9. The zero-order chi connectivity index (χ0) is 18.0. The lowest BCUT2D eigenvalue weighted by Crippen LogP contribution is -1.99. The number of hydrogen-bond acceptors (Lipinski definition) is 3. The van der Waals surface area contributed by atoms with Crippen LogP contribution >= 0.6 is 0 Å². The van der Waals surface area contributed by atoms with Gasteiger partial charge < -0.3 is 5.32 Å². The van der Waals surface area contributed by atoms with Crippen LogP contribution in [0.2, 0.25) is 0 Å². The second kappa shape index (κ2) is 6.68. The van der Waals surface area contributed by atoms with Crippen LogP contribution in [-0.2, 0) is 0 Å². The number of benzene rings is 3. The molecule has 0 unspecified atom stereocenters. The van der Waals surface area contributed by atoms with Gasteiger partial charge in [-0.3, -0.25) is 10.1 Å². The lowest BCUT2D eigenvalue weighted by molar-refractivity contribution is -0.384.